The van der Waals surface area contributed by atoms with Gasteiger partial charge in [-0.15, -0.1) is 0 Å². The maximum Gasteiger partial charge on any atom is 0.356 e. The molecule has 0 spiro atoms. The molecule has 3 rings (SSSR count). The number of rotatable bonds is 2. The highest BCUT2D eigenvalue weighted by Gasteiger charge is 2.16. The number of methoxy groups -OCH3 is 2. The lowest BCUT2D eigenvalue weighted by molar-refractivity contribution is 0.0594. The number of ether oxygens (including phenoxy) is 2. The van der Waals surface area contributed by atoms with Gasteiger partial charge < -0.3 is 14.5 Å². The van der Waals surface area contributed by atoms with Crippen LogP contribution >= 0.6 is 0 Å². The Labute approximate surface area is 109 Å². The van der Waals surface area contributed by atoms with Gasteiger partial charge in [0.2, 0.25) is 0 Å². The topological polar surface area (TPSA) is 64.2 Å². The van der Waals surface area contributed by atoms with Crippen LogP contribution in [-0.4, -0.2) is 30.2 Å². The van der Waals surface area contributed by atoms with E-state index in [0.29, 0.717) is 11.3 Å². The molecule has 0 fully saturated rings. The predicted octanol–water partition coefficient (Wildman–Crippen LogP) is 2.51. The van der Waals surface area contributed by atoms with Crippen LogP contribution in [0.2, 0.25) is 0 Å². The van der Waals surface area contributed by atoms with Gasteiger partial charge in [-0.3, -0.25) is 0 Å². The third-order valence-electron chi connectivity index (χ3n) is 3.04. The normalized spacial score (nSPS) is 10.8. The average Bonchev–Trinajstić information content (AvgIpc) is 2.84. The van der Waals surface area contributed by atoms with E-state index in [2.05, 4.69) is 9.97 Å². The molecule has 5 heteroatoms. The summed E-state index contributed by atoms with van der Waals surface area (Å²) in [5, 5.41) is 0.946. The van der Waals surface area contributed by atoms with E-state index in [-0.39, 0.29) is 5.69 Å². The number of esters is 1. The first kappa shape index (κ1) is 11.5. The number of fused-ring (bicyclic) bond motifs is 3. The summed E-state index contributed by atoms with van der Waals surface area (Å²) in [5.41, 5.74) is 2.66. The molecule has 0 radical (unpaired) electrons. The highest BCUT2D eigenvalue weighted by Crippen LogP contribution is 2.30. The molecule has 0 unspecified atom stereocenters. The molecule has 0 aliphatic carbocycles. The van der Waals surface area contributed by atoms with E-state index in [1.54, 1.807) is 13.2 Å². The van der Waals surface area contributed by atoms with E-state index in [4.69, 9.17) is 9.47 Å². The van der Waals surface area contributed by atoms with Crippen LogP contribution in [0.3, 0.4) is 0 Å². The molecule has 0 atom stereocenters. The Kier molecular flexibility index (Phi) is 2.59. The van der Waals surface area contributed by atoms with Crippen molar-refractivity contribution in [3.63, 3.8) is 0 Å². The van der Waals surface area contributed by atoms with E-state index in [1.165, 1.54) is 7.11 Å². The zero-order valence-electron chi connectivity index (χ0n) is 10.6. The van der Waals surface area contributed by atoms with Gasteiger partial charge in [0.1, 0.15) is 16.8 Å². The summed E-state index contributed by atoms with van der Waals surface area (Å²) in [5.74, 6) is 0.0899. The van der Waals surface area contributed by atoms with Crippen LogP contribution in [0.15, 0.2) is 30.3 Å². The number of para-hydroxylation sites is 1. The predicted molar refractivity (Wildman–Crippen MR) is 71.5 cm³/mol. The SMILES string of the molecule is COC(=O)c1cc(OC)c2[nH]c3ccccc3c2n1. The fraction of sp³-hybridized carbons (Fsp3) is 0.143. The van der Waals surface area contributed by atoms with Crippen LogP contribution in [0.25, 0.3) is 21.9 Å². The van der Waals surface area contributed by atoms with E-state index in [1.807, 2.05) is 24.3 Å². The Hall–Kier alpha value is -2.56. The van der Waals surface area contributed by atoms with Crippen LogP contribution in [0.4, 0.5) is 0 Å². The number of aromatic amines is 1. The van der Waals surface area contributed by atoms with E-state index in [9.17, 15) is 4.79 Å². The number of carbonyl (C=O) groups excluding carboxylic acids is 1. The number of aromatic nitrogens is 2. The zero-order chi connectivity index (χ0) is 13.4. The Balaban J connectivity index is 2.40. The van der Waals surface area contributed by atoms with Gasteiger partial charge in [-0.25, -0.2) is 9.78 Å². The van der Waals surface area contributed by atoms with Crippen molar-refractivity contribution in [1.82, 2.24) is 9.97 Å². The van der Waals surface area contributed by atoms with E-state index >= 15 is 0 Å². The van der Waals surface area contributed by atoms with Crippen molar-refractivity contribution >= 4 is 27.9 Å². The summed E-state index contributed by atoms with van der Waals surface area (Å²) in [6, 6.07) is 9.33. The molecule has 5 nitrogen and oxygen atoms in total. The van der Waals surface area contributed by atoms with Gasteiger partial charge in [0.15, 0.2) is 5.69 Å². The molecule has 1 aromatic carbocycles. The van der Waals surface area contributed by atoms with Gasteiger partial charge in [0.05, 0.1) is 14.2 Å². The summed E-state index contributed by atoms with van der Waals surface area (Å²) in [7, 11) is 2.89. The molecule has 0 saturated heterocycles. The minimum absolute atomic E-state index is 0.233. The van der Waals surface area contributed by atoms with Crippen molar-refractivity contribution in [2.45, 2.75) is 0 Å². The molecule has 2 aromatic heterocycles. The highest BCUT2D eigenvalue weighted by molar-refractivity contribution is 6.08. The molecule has 0 amide bonds. The molecular weight excluding hydrogens is 244 g/mol. The van der Waals surface area contributed by atoms with Gasteiger partial charge in [0.25, 0.3) is 0 Å². The summed E-state index contributed by atoms with van der Waals surface area (Å²) in [6.45, 7) is 0. The van der Waals surface area contributed by atoms with Crippen LogP contribution < -0.4 is 4.74 Å². The number of benzene rings is 1. The molecular formula is C14H12N2O3. The smallest absolute Gasteiger partial charge is 0.356 e. The summed E-state index contributed by atoms with van der Waals surface area (Å²) < 4.78 is 10.0. The maximum absolute atomic E-state index is 11.6. The van der Waals surface area contributed by atoms with Gasteiger partial charge in [-0.1, -0.05) is 18.2 Å². The lowest BCUT2D eigenvalue weighted by Gasteiger charge is -2.04. The fourth-order valence-electron chi connectivity index (χ4n) is 2.14. The zero-order valence-corrected chi connectivity index (χ0v) is 10.6. The average molecular weight is 256 g/mol. The number of nitrogens with zero attached hydrogens (tertiary/aromatic N) is 1. The number of H-pyrrole nitrogens is 1. The number of hydrogen-bond donors (Lipinski definition) is 1. The Morgan fingerprint density at radius 2 is 2.05 bits per heavy atom. The second-order valence-corrected chi connectivity index (χ2v) is 4.10. The van der Waals surface area contributed by atoms with Gasteiger partial charge in [-0.05, 0) is 6.07 Å². The number of hydrogen-bond acceptors (Lipinski definition) is 4. The molecule has 96 valence electrons. The third-order valence-corrected chi connectivity index (χ3v) is 3.04. The molecule has 2 heterocycles. The molecule has 19 heavy (non-hydrogen) atoms. The fourth-order valence-corrected chi connectivity index (χ4v) is 2.14. The van der Waals surface area contributed by atoms with Crippen molar-refractivity contribution in [2.75, 3.05) is 14.2 Å². The van der Waals surface area contributed by atoms with E-state index < -0.39 is 5.97 Å². The van der Waals surface area contributed by atoms with Crippen molar-refractivity contribution in [3.05, 3.63) is 36.0 Å². The van der Waals surface area contributed by atoms with Gasteiger partial charge >= 0.3 is 5.97 Å². The third kappa shape index (κ3) is 1.71. The quantitative estimate of drug-likeness (QED) is 0.715. The standard InChI is InChI=1S/C14H12N2O3/c1-18-11-7-10(14(17)19-2)16-12-8-5-3-4-6-9(8)15-13(11)12/h3-7,15H,1-2H3. The lowest BCUT2D eigenvalue weighted by atomic mass is 10.2. The van der Waals surface area contributed by atoms with Crippen molar-refractivity contribution in [1.29, 1.82) is 0 Å². The molecule has 0 aliphatic rings. The first-order chi connectivity index (χ1) is 9.24. The monoisotopic (exact) mass is 256 g/mol. The molecule has 0 bridgehead atoms. The van der Waals surface area contributed by atoms with Crippen LogP contribution in [0.1, 0.15) is 10.5 Å². The minimum Gasteiger partial charge on any atom is -0.494 e. The largest absolute Gasteiger partial charge is 0.494 e. The summed E-state index contributed by atoms with van der Waals surface area (Å²) in [6.07, 6.45) is 0. The van der Waals surface area contributed by atoms with Gasteiger partial charge in [-0.2, -0.15) is 0 Å². The van der Waals surface area contributed by atoms with Crippen molar-refractivity contribution < 1.29 is 14.3 Å². The molecule has 3 aromatic rings. The number of pyridine rings is 1. The number of nitrogens with one attached hydrogen (secondary N) is 1. The van der Waals surface area contributed by atoms with Gasteiger partial charge in [0, 0.05) is 17.0 Å². The lowest BCUT2D eigenvalue weighted by Crippen LogP contribution is -2.04. The molecule has 0 saturated carbocycles. The van der Waals surface area contributed by atoms with Crippen LogP contribution in [-0.2, 0) is 4.74 Å². The summed E-state index contributed by atoms with van der Waals surface area (Å²) >= 11 is 0. The van der Waals surface area contributed by atoms with E-state index in [0.717, 1.165) is 16.4 Å². The maximum atomic E-state index is 11.6. The molecule has 0 aliphatic heterocycles. The van der Waals surface area contributed by atoms with Crippen LogP contribution in [0.5, 0.6) is 5.75 Å². The molecule has 1 N–H and O–H groups in total. The van der Waals surface area contributed by atoms with Crippen LogP contribution in [0, 0.1) is 0 Å². The second-order valence-electron chi connectivity index (χ2n) is 4.10. The Bertz CT molecular complexity index is 777. The highest BCUT2D eigenvalue weighted by atomic mass is 16.5. The Morgan fingerprint density at radius 3 is 2.79 bits per heavy atom. The van der Waals surface area contributed by atoms with Crippen molar-refractivity contribution in [3.8, 4) is 5.75 Å². The first-order valence-corrected chi connectivity index (χ1v) is 5.78. The second kappa shape index (κ2) is 4.28. The number of carbonyl (C=O) groups is 1. The summed E-state index contributed by atoms with van der Waals surface area (Å²) in [4.78, 5) is 19.2. The minimum atomic E-state index is -0.481. The van der Waals surface area contributed by atoms with Crippen molar-refractivity contribution in [2.24, 2.45) is 0 Å². The first-order valence-electron chi connectivity index (χ1n) is 5.78. The Morgan fingerprint density at radius 1 is 1.26 bits per heavy atom.